The summed E-state index contributed by atoms with van der Waals surface area (Å²) in [6, 6.07) is 9.64. The average Bonchev–Trinajstić information content (AvgIpc) is 3.25. The van der Waals surface area contributed by atoms with Crippen LogP contribution < -0.4 is 0 Å². The van der Waals surface area contributed by atoms with Gasteiger partial charge in [0, 0.05) is 33.3 Å². The summed E-state index contributed by atoms with van der Waals surface area (Å²) in [6.45, 7) is 3.27. The molecule has 0 N–H and O–H groups in total. The summed E-state index contributed by atoms with van der Waals surface area (Å²) in [7, 11) is 1.72. The summed E-state index contributed by atoms with van der Waals surface area (Å²) in [5, 5.41) is 8.89. The van der Waals surface area contributed by atoms with Crippen molar-refractivity contribution in [3.63, 3.8) is 0 Å². The maximum Gasteiger partial charge on any atom is 0.240 e. The van der Waals surface area contributed by atoms with Crippen LogP contribution in [0.4, 0.5) is 0 Å². The van der Waals surface area contributed by atoms with Crippen LogP contribution in [0.15, 0.2) is 24.3 Å². The summed E-state index contributed by atoms with van der Waals surface area (Å²) in [5.74, 6) is 0.246. The second-order valence-corrected chi connectivity index (χ2v) is 6.38. The van der Waals surface area contributed by atoms with Gasteiger partial charge in [-0.3, -0.25) is 9.69 Å². The van der Waals surface area contributed by atoms with Gasteiger partial charge in [-0.25, -0.2) is 0 Å². The van der Waals surface area contributed by atoms with E-state index >= 15 is 0 Å². The van der Waals surface area contributed by atoms with Crippen LogP contribution in [0.3, 0.4) is 0 Å². The van der Waals surface area contributed by atoms with Crippen LogP contribution in [0.2, 0.25) is 0 Å². The van der Waals surface area contributed by atoms with Crippen molar-refractivity contribution in [2.75, 3.05) is 26.7 Å². The van der Waals surface area contributed by atoms with Gasteiger partial charge in [-0.05, 0) is 37.0 Å². The standard InChI is InChI=1S/C18H23N3O2/c1-23-16-10-17(18(22)20-8-2-3-9-20)21(13-16)12-15-6-4-14(11-19)5-7-15/h4-7,16-17H,2-3,8-10,12-13H2,1H3/t16-,17-/m0/s1. The minimum atomic E-state index is -0.0892. The summed E-state index contributed by atoms with van der Waals surface area (Å²) in [6.07, 6.45) is 3.11. The predicted octanol–water partition coefficient (Wildman–Crippen LogP) is 1.77. The predicted molar refractivity (Wildman–Crippen MR) is 86.6 cm³/mol. The van der Waals surface area contributed by atoms with E-state index in [9.17, 15) is 4.79 Å². The molecule has 2 atom stereocenters. The van der Waals surface area contributed by atoms with Gasteiger partial charge < -0.3 is 9.64 Å². The fourth-order valence-electron chi connectivity index (χ4n) is 3.53. The SMILES string of the molecule is CO[C@H]1C[C@@H](C(=O)N2CCCC2)N(Cc2ccc(C#N)cc2)C1. The van der Waals surface area contributed by atoms with Crippen LogP contribution >= 0.6 is 0 Å². The van der Waals surface area contributed by atoms with Gasteiger partial charge in [-0.15, -0.1) is 0 Å². The zero-order valence-corrected chi connectivity index (χ0v) is 13.6. The highest BCUT2D eigenvalue weighted by Gasteiger charge is 2.39. The molecule has 0 spiro atoms. The Morgan fingerprint density at radius 1 is 1.30 bits per heavy atom. The molecule has 3 rings (SSSR count). The third kappa shape index (κ3) is 3.54. The van der Waals surface area contributed by atoms with E-state index in [1.807, 2.05) is 29.2 Å². The summed E-state index contributed by atoms with van der Waals surface area (Å²) < 4.78 is 5.50. The fourth-order valence-corrected chi connectivity index (χ4v) is 3.53. The number of nitrogens with zero attached hydrogens (tertiary/aromatic N) is 3. The van der Waals surface area contributed by atoms with Crippen LogP contribution in [0.5, 0.6) is 0 Å². The minimum absolute atomic E-state index is 0.0892. The number of methoxy groups -OCH3 is 1. The quantitative estimate of drug-likeness (QED) is 0.850. The Morgan fingerprint density at radius 2 is 2.00 bits per heavy atom. The number of nitriles is 1. The molecule has 0 unspecified atom stereocenters. The molecule has 23 heavy (non-hydrogen) atoms. The number of hydrogen-bond acceptors (Lipinski definition) is 4. The van der Waals surface area contributed by atoms with E-state index in [1.165, 1.54) is 0 Å². The van der Waals surface area contributed by atoms with Crippen molar-refractivity contribution in [1.82, 2.24) is 9.80 Å². The normalized spacial score (nSPS) is 24.8. The second-order valence-electron chi connectivity index (χ2n) is 6.38. The monoisotopic (exact) mass is 313 g/mol. The van der Waals surface area contributed by atoms with Gasteiger partial charge >= 0.3 is 0 Å². The molecule has 122 valence electrons. The molecule has 5 heteroatoms. The number of carbonyl (C=O) groups excluding carboxylic acids is 1. The molecule has 0 radical (unpaired) electrons. The highest BCUT2D eigenvalue weighted by atomic mass is 16.5. The second kappa shape index (κ2) is 7.12. The maximum atomic E-state index is 12.8. The first-order chi connectivity index (χ1) is 11.2. The van der Waals surface area contributed by atoms with Gasteiger partial charge in [0.2, 0.25) is 5.91 Å². The Hall–Kier alpha value is -1.90. The van der Waals surface area contributed by atoms with Gasteiger partial charge in [-0.2, -0.15) is 5.26 Å². The van der Waals surface area contributed by atoms with Crippen molar-refractivity contribution in [2.24, 2.45) is 0 Å². The van der Waals surface area contributed by atoms with Crippen molar-refractivity contribution in [1.29, 1.82) is 5.26 Å². The lowest BCUT2D eigenvalue weighted by Crippen LogP contribution is -2.44. The molecule has 5 nitrogen and oxygen atoms in total. The Labute approximate surface area is 137 Å². The third-order valence-corrected chi connectivity index (χ3v) is 4.87. The molecule has 2 aliphatic heterocycles. The third-order valence-electron chi connectivity index (χ3n) is 4.87. The van der Waals surface area contributed by atoms with Crippen LogP contribution in [0.1, 0.15) is 30.4 Å². The summed E-state index contributed by atoms with van der Waals surface area (Å²) in [4.78, 5) is 17.0. The van der Waals surface area contributed by atoms with E-state index < -0.39 is 0 Å². The van der Waals surface area contributed by atoms with E-state index in [0.717, 1.165) is 51.0 Å². The van der Waals surface area contributed by atoms with Gasteiger partial charge in [0.15, 0.2) is 0 Å². The van der Waals surface area contributed by atoms with Gasteiger partial charge in [-0.1, -0.05) is 12.1 Å². The van der Waals surface area contributed by atoms with Crippen LogP contribution in [0.25, 0.3) is 0 Å². The molecule has 2 heterocycles. The number of rotatable bonds is 4. The van der Waals surface area contributed by atoms with Gasteiger partial charge in [0.05, 0.1) is 23.8 Å². The molecule has 1 aromatic carbocycles. The Morgan fingerprint density at radius 3 is 2.61 bits per heavy atom. The number of hydrogen-bond donors (Lipinski definition) is 0. The molecular formula is C18H23N3O2. The van der Waals surface area contributed by atoms with E-state index in [1.54, 1.807) is 7.11 Å². The summed E-state index contributed by atoms with van der Waals surface area (Å²) in [5.41, 5.74) is 1.79. The number of carbonyl (C=O) groups is 1. The van der Waals surface area contributed by atoms with Crippen molar-refractivity contribution in [3.8, 4) is 6.07 Å². The minimum Gasteiger partial charge on any atom is -0.380 e. The molecular weight excluding hydrogens is 290 g/mol. The number of amides is 1. The van der Waals surface area contributed by atoms with Crippen LogP contribution in [0, 0.1) is 11.3 Å². The molecule has 0 aromatic heterocycles. The Kier molecular flexibility index (Phi) is 4.94. The number of benzene rings is 1. The molecule has 1 amide bonds. The highest BCUT2D eigenvalue weighted by Crippen LogP contribution is 2.25. The first-order valence-electron chi connectivity index (χ1n) is 8.26. The lowest BCUT2D eigenvalue weighted by Gasteiger charge is -2.27. The zero-order valence-electron chi connectivity index (χ0n) is 13.6. The smallest absolute Gasteiger partial charge is 0.240 e. The maximum absolute atomic E-state index is 12.8. The molecule has 0 bridgehead atoms. The first kappa shape index (κ1) is 16.0. The fraction of sp³-hybridized carbons (Fsp3) is 0.556. The van der Waals surface area contributed by atoms with Crippen molar-refractivity contribution in [2.45, 2.75) is 38.0 Å². The zero-order chi connectivity index (χ0) is 16.2. The number of ether oxygens (including phenoxy) is 1. The van der Waals surface area contributed by atoms with Gasteiger partial charge in [0.1, 0.15) is 0 Å². The van der Waals surface area contributed by atoms with E-state index in [-0.39, 0.29) is 18.1 Å². The lowest BCUT2D eigenvalue weighted by atomic mass is 10.1. The molecule has 1 aromatic rings. The largest absolute Gasteiger partial charge is 0.380 e. The van der Waals surface area contributed by atoms with Crippen LogP contribution in [-0.2, 0) is 16.1 Å². The van der Waals surface area contributed by atoms with Crippen molar-refractivity contribution >= 4 is 5.91 Å². The molecule has 2 saturated heterocycles. The molecule has 2 fully saturated rings. The number of likely N-dealkylation sites (tertiary alicyclic amines) is 2. The van der Waals surface area contributed by atoms with E-state index in [2.05, 4.69) is 11.0 Å². The van der Waals surface area contributed by atoms with Crippen molar-refractivity contribution in [3.05, 3.63) is 35.4 Å². The highest BCUT2D eigenvalue weighted by molar-refractivity contribution is 5.82. The molecule has 0 saturated carbocycles. The van der Waals surface area contributed by atoms with Gasteiger partial charge in [0.25, 0.3) is 0 Å². The van der Waals surface area contributed by atoms with E-state index in [4.69, 9.17) is 10.00 Å². The first-order valence-corrected chi connectivity index (χ1v) is 8.26. The molecule has 0 aliphatic carbocycles. The van der Waals surface area contributed by atoms with Crippen LogP contribution in [-0.4, -0.2) is 54.6 Å². The van der Waals surface area contributed by atoms with E-state index in [0.29, 0.717) is 5.56 Å². The van der Waals surface area contributed by atoms with Crippen molar-refractivity contribution < 1.29 is 9.53 Å². The summed E-state index contributed by atoms with van der Waals surface area (Å²) >= 11 is 0. The topological polar surface area (TPSA) is 56.6 Å². The Balaban J connectivity index is 1.71. The Bertz CT molecular complexity index is 587. The lowest BCUT2D eigenvalue weighted by molar-refractivity contribution is -0.135. The molecule has 2 aliphatic rings. The average molecular weight is 313 g/mol.